The van der Waals surface area contributed by atoms with Crippen LogP contribution in [0.25, 0.3) is 10.9 Å². The van der Waals surface area contributed by atoms with Gasteiger partial charge in [-0.05, 0) is 49.6 Å². The van der Waals surface area contributed by atoms with Gasteiger partial charge in [-0.2, -0.15) is 13.2 Å². The van der Waals surface area contributed by atoms with Gasteiger partial charge in [-0.3, -0.25) is 0 Å². The van der Waals surface area contributed by atoms with E-state index in [4.69, 9.17) is 0 Å². The molecule has 0 spiro atoms. The van der Waals surface area contributed by atoms with Gasteiger partial charge in [0.2, 0.25) is 5.52 Å². The van der Waals surface area contributed by atoms with E-state index in [9.17, 15) is 13.2 Å². The molecule has 1 aliphatic rings. The fourth-order valence-corrected chi connectivity index (χ4v) is 3.52. The number of benzene rings is 2. The molecule has 0 aliphatic heterocycles. The number of anilines is 2. The van der Waals surface area contributed by atoms with E-state index in [1.165, 1.54) is 23.4 Å². The average Bonchev–Trinajstić information content (AvgIpc) is 3.03. The third kappa shape index (κ3) is 3.36. The first-order valence-corrected chi connectivity index (χ1v) is 8.33. The maximum Gasteiger partial charge on any atom is 0.416 e. The standard InChI is InChI=1S/C20H17F3N2.ClH/c1-12-8-9-18-16(10-12)19(15-6-3-7-17(15)25-18)24-14-5-2-4-13(11-14)20(21,22)23;/h2,4-5,8-11H,3,6-7H2,1H3,(H,24,25);1H. The lowest BCUT2D eigenvalue weighted by molar-refractivity contribution is -0.356. The van der Waals surface area contributed by atoms with Gasteiger partial charge in [0.15, 0.2) is 5.69 Å². The SMILES string of the molecule is Cc1ccc2[nH+]c3c(c(Nc4cccc(C(F)(F)F)c4)c2c1)CCC3.[Cl-]. The van der Waals surface area contributed by atoms with E-state index in [-0.39, 0.29) is 12.4 Å². The van der Waals surface area contributed by atoms with Gasteiger partial charge in [0.05, 0.1) is 16.6 Å². The summed E-state index contributed by atoms with van der Waals surface area (Å²) in [6.45, 7) is 2.01. The van der Waals surface area contributed by atoms with Gasteiger partial charge >= 0.3 is 6.18 Å². The lowest BCUT2D eigenvalue weighted by Gasteiger charge is -2.14. The highest BCUT2D eigenvalue weighted by Gasteiger charge is 2.31. The van der Waals surface area contributed by atoms with Gasteiger partial charge in [-0.1, -0.05) is 12.1 Å². The quantitative estimate of drug-likeness (QED) is 0.727. The first-order chi connectivity index (χ1) is 11.9. The molecule has 0 atom stereocenters. The second kappa shape index (κ2) is 6.80. The van der Waals surface area contributed by atoms with Crippen molar-refractivity contribution < 1.29 is 30.6 Å². The molecular weight excluding hydrogens is 361 g/mol. The molecule has 0 amide bonds. The van der Waals surface area contributed by atoms with Crippen LogP contribution in [-0.4, -0.2) is 0 Å². The number of aryl methyl sites for hydroxylation is 2. The number of aromatic amines is 1. The number of nitrogens with one attached hydrogen (secondary N) is 2. The largest absolute Gasteiger partial charge is 1.00 e. The van der Waals surface area contributed by atoms with Crippen LogP contribution in [0.3, 0.4) is 0 Å². The topological polar surface area (TPSA) is 26.2 Å². The Morgan fingerprint density at radius 2 is 1.85 bits per heavy atom. The Balaban J connectivity index is 0.00000196. The maximum atomic E-state index is 13.0. The van der Waals surface area contributed by atoms with Crippen LogP contribution in [0.1, 0.15) is 28.8 Å². The van der Waals surface area contributed by atoms with Crippen molar-refractivity contribution in [1.29, 1.82) is 0 Å². The zero-order chi connectivity index (χ0) is 17.6. The summed E-state index contributed by atoms with van der Waals surface area (Å²) in [6, 6.07) is 11.5. The summed E-state index contributed by atoms with van der Waals surface area (Å²) in [5, 5.41) is 4.28. The predicted molar refractivity (Wildman–Crippen MR) is 92.0 cm³/mol. The monoisotopic (exact) mass is 378 g/mol. The molecular formula is C20H18ClF3N2. The Kier molecular flexibility index (Phi) is 4.84. The van der Waals surface area contributed by atoms with Crippen LogP contribution in [-0.2, 0) is 19.0 Å². The highest BCUT2D eigenvalue weighted by Crippen LogP contribution is 2.36. The van der Waals surface area contributed by atoms with Crippen molar-refractivity contribution >= 4 is 22.3 Å². The van der Waals surface area contributed by atoms with E-state index in [1.54, 1.807) is 6.07 Å². The summed E-state index contributed by atoms with van der Waals surface area (Å²) in [5.41, 5.74) is 5.20. The van der Waals surface area contributed by atoms with Crippen molar-refractivity contribution in [3.63, 3.8) is 0 Å². The van der Waals surface area contributed by atoms with Crippen molar-refractivity contribution in [2.24, 2.45) is 0 Å². The first-order valence-electron chi connectivity index (χ1n) is 8.33. The highest BCUT2D eigenvalue weighted by molar-refractivity contribution is 5.94. The summed E-state index contributed by atoms with van der Waals surface area (Å²) < 4.78 is 39.0. The zero-order valence-corrected chi connectivity index (χ0v) is 14.9. The van der Waals surface area contributed by atoms with Crippen LogP contribution in [0.5, 0.6) is 0 Å². The molecule has 4 rings (SSSR count). The highest BCUT2D eigenvalue weighted by atomic mass is 35.5. The molecule has 6 heteroatoms. The van der Waals surface area contributed by atoms with Crippen molar-refractivity contribution in [2.45, 2.75) is 32.4 Å². The van der Waals surface area contributed by atoms with Crippen molar-refractivity contribution in [1.82, 2.24) is 0 Å². The zero-order valence-electron chi connectivity index (χ0n) is 14.2. The molecule has 3 aromatic rings. The molecule has 0 bridgehead atoms. The molecule has 0 fully saturated rings. The Morgan fingerprint density at radius 1 is 1.04 bits per heavy atom. The number of alkyl halides is 3. The van der Waals surface area contributed by atoms with E-state index >= 15 is 0 Å². The van der Waals surface area contributed by atoms with E-state index in [0.29, 0.717) is 5.69 Å². The average molecular weight is 379 g/mol. The number of hydrogen-bond donors (Lipinski definition) is 1. The number of pyridine rings is 1. The number of halogens is 4. The molecule has 0 unspecified atom stereocenters. The van der Waals surface area contributed by atoms with Crippen LogP contribution in [0.4, 0.5) is 24.5 Å². The lowest BCUT2D eigenvalue weighted by atomic mass is 10.0. The smallest absolute Gasteiger partial charge is 0.416 e. The molecule has 2 nitrogen and oxygen atoms in total. The number of H-pyrrole nitrogens is 1. The molecule has 26 heavy (non-hydrogen) atoms. The van der Waals surface area contributed by atoms with E-state index < -0.39 is 11.7 Å². The number of fused-ring (bicyclic) bond motifs is 2. The lowest BCUT2D eigenvalue weighted by Crippen LogP contribution is -3.00. The number of hydrogen-bond acceptors (Lipinski definition) is 1. The molecule has 0 radical (unpaired) electrons. The number of rotatable bonds is 2. The third-order valence-corrected chi connectivity index (χ3v) is 4.71. The minimum Gasteiger partial charge on any atom is -1.00 e. The summed E-state index contributed by atoms with van der Waals surface area (Å²) >= 11 is 0. The van der Waals surface area contributed by atoms with Crippen molar-refractivity contribution in [3.05, 3.63) is 64.8 Å². The van der Waals surface area contributed by atoms with Gasteiger partial charge in [-0.25, -0.2) is 4.98 Å². The molecule has 1 aliphatic carbocycles. The summed E-state index contributed by atoms with van der Waals surface area (Å²) in [5.74, 6) is 0. The van der Waals surface area contributed by atoms with Gasteiger partial charge in [0, 0.05) is 23.7 Å². The fourth-order valence-electron chi connectivity index (χ4n) is 3.52. The molecule has 0 saturated heterocycles. The van der Waals surface area contributed by atoms with Crippen LogP contribution < -0.4 is 22.7 Å². The minimum absolute atomic E-state index is 0. The Morgan fingerprint density at radius 3 is 2.62 bits per heavy atom. The molecule has 1 heterocycles. The van der Waals surface area contributed by atoms with E-state index in [0.717, 1.165) is 47.5 Å². The first kappa shape index (κ1) is 18.5. The van der Waals surface area contributed by atoms with Crippen molar-refractivity contribution in [3.8, 4) is 0 Å². The minimum atomic E-state index is -4.34. The van der Waals surface area contributed by atoms with Crippen LogP contribution in [0.15, 0.2) is 42.5 Å². The third-order valence-electron chi connectivity index (χ3n) is 4.71. The number of aromatic nitrogens is 1. The predicted octanol–water partition coefficient (Wildman–Crippen LogP) is 2.22. The Hall–Kier alpha value is -2.27. The second-order valence-corrected chi connectivity index (χ2v) is 6.56. The molecule has 0 saturated carbocycles. The van der Waals surface area contributed by atoms with Crippen LogP contribution in [0, 0.1) is 6.92 Å². The van der Waals surface area contributed by atoms with Crippen molar-refractivity contribution in [2.75, 3.05) is 5.32 Å². The van der Waals surface area contributed by atoms with E-state index in [1.807, 2.05) is 19.1 Å². The molecule has 1 aromatic heterocycles. The maximum absolute atomic E-state index is 13.0. The fraction of sp³-hybridized carbons (Fsp3) is 0.250. The van der Waals surface area contributed by atoms with Crippen LogP contribution in [0.2, 0.25) is 0 Å². The summed E-state index contributed by atoms with van der Waals surface area (Å²) in [7, 11) is 0. The summed E-state index contributed by atoms with van der Waals surface area (Å²) in [6.07, 6.45) is -1.39. The molecule has 136 valence electrons. The second-order valence-electron chi connectivity index (χ2n) is 6.56. The Labute approximate surface area is 155 Å². The molecule has 2 aromatic carbocycles. The van der Waals surface area contributed by atoms with E-state index in [2.05, 4.69) is 16.4 Å². The summed E-state index contributed by atoms with van der Waals surface area (Å²) in [4.78, 5) is 3.48. The van der Waals surface area contributed by atoms with Crippen LogP contribution >= 0.6 is 0 Å². The molecule has 2 N–H and O–H groups in total. The van der Waals surface area contributed by atoms with Gasteiger partial charge in [0.1, 0.15) is 0 Å². The van der Waals surface area contributed by atoms with Gasteiger partial charge in [0.25, 0.3) is 0 Å². The van der Waals surface area contributed by atoms with Gasteiger partial charge < -0.3 is 17.7 Å². The normalized spacial score (nSPS) is 13.4. The van der Waals surface area contributed by atoms with Gasteiger partial charge in [-0.15, -0.1) is 0 Å². The Bertz CT molecular complexity index is 967.